The molecule has 0 aliphatic rings. The average Bonchev–Trinajstić information content (AvgIpc) is 2.95. The number of carboxylic acid groups (broad SMARTS) is 1. The van der Waals surface area contributed by atoms with Crippen molar-refractivity contribution < 1.29 is 50.5 Å². The van der Waals surface area contributed by atoms with E-state index < -0.39 is 72.5 Å². The van der Waals surface area contributed by atoms with Crippen molar-refractivity contribution in [1.29, 1.82) is 0 Å². The van der Waals surface area contributed by atoms with Gasteiger partial charge in [-0.15, -0.1) is 0 Å². The zero-order chi connectivity index (χ0) is 30.9. The smallest absolute Gasteiger partial charge is 0.322 e. The topological polar surface area (TPSA) is 212 Å². The monoisotopic (exact) mass is 641 g/mol. The summed E-state index contributed by atoms with van der Waals surface area (Å²) in [6, 6.07) is 8.19. The SMILES string of the molecule is O=C(O)CNc1cc(S(=O)(=O)CCCO)c2ccc3c(S(=O)(=O)CCCO)cc(S(=O)(=O)CCCO)c4ccc1c2c43. The van der Waals surface area contributed by atoms with Crippen molar-refractivity contribution in [1.82, 2.24) is 0 Å². The van der Waals surface area contributed by atoms with Crippen LogP contribution in [0.3, 0.4) is 0 Å². The third kappa shape index (κ3) is 6.02. The number of sulfone groups is 3. The van der Waals surface area contributed by atoms with E-state index in [4.69, 9.17) is 0 Å². The highest BCUT2D eigenvalue weighted by atomic mass is 32.2. The highest BCUT2D eigenvalue weighted by molar-refractivity contribution is 7.92. The average molecular weight is 642 g/mol. The Morgan fingerprint density at radius 3 is 1.33 bits per heavy atom. The molecule has 4 aromatic carbocycles. The van der Waals surface area contributed by atoms with Crippen LogP contribution in [-0.2, 0) is 34.3 Å². The van der Waals surface area contributed by atoms with E-state index in [9.17, 15) is 50.5 Å². The first kappa shape index (κ1) is 31.8. The van der Waals surface area contributed by atoms with Crippen LogP contribution >= 0.6 is 0 Å². The van der Waals surface area contributed by atoms with Gasteiger partial charge in [0, 0.05) is 57.8 Å². The number of anilines is 1. The molecule has 4 aromatic rings. The van der Waals surface area contributed by atoms with E-state index in [1.54, 1.807) is 0 Å². The fraction of sp³-hybridized carbons (Fsp3) is 0.370. The molecular formula is C27H31NO11S3. The van der Waals surface area contributed by atoms with Crippen molar-refractivity contribution in [2.75, 3.05) is 48.9 Å². The van der Waals surface area contributed by atoms with Gasteiger partial charge in [0.15, 0.2) is 29.5 Å². The molecule has 0 aromatic heterocycles. The van der Waals surface area contributed by atoms with Gasteiger partial charge >= 0.3 is 5.97 Å². The van der Waals surface area contributed by atoms with Crippen LogP contribution in [0, 0.1) is 0 Å². The summed E-state index contributed by atoms with van der Waals surface area (Å²) < 4.78 is 80.7. The highest BCUT2D eigenvalue weighted by Crippen LogP contribution is 2.45. The normalized spacial score (nSPS) is 12.9. The van der Waals surface area contributed by atoms with Gasteiger partial charge in [0.05, 0.1) is 31.9 Å². The highest BCUT2D eigenvalue weighted by Gasteiger charge is 2.29. The lowest BCUT2D eigenvalue weighted by Gasteiger charge is -2.21. The lowest BCUT2D eigenvalue weighted by Crippen LogP contribution is -2.15. The first-order chi connectivity index (χ1) is 19.8. The van der Waals surface area contributed by atoms with E-state index in [1.165, 1.54) is 30.3 Å². The first-order valence-electron chi connectivity index (χ1n) is 13.0. The predicted molar refractivity (Wildman–Crippen MR) is 158 cm³/mol. The molecular weight excluding hydrogens is 610 g/mol. The second-order valence-corrected chi connectivity index (χ2v) is 16.0. The molecule has 0 saturated heterocycles. The number of nitrogens with one attached hydrogen (secondary N) is 1. The van der Waals surface area contributed by atoms with Crippen LogP contribution < -0.4 is 5.32 Å². The molecule has 0 fully saturated rings. The molecule has 228 valence electrons. The second kappa shape index (κ2) is 12.3. The van der Waals surface area contributed by atoms with E-state index in [0.717, 1.165) is 6.07 Å². The molecule has 0 bridgehead atoms. The molecule has 0 aliphatic heterocycles. The Morgan fingerprint density at radius 1 is 0.595 bits per heavy atom. The maximum absolute atomic E-state index is 13.5. The van der Waals surface area contributed by atoms with E-state index in [0.29, 0.717) is 5.39 Å². The van der Waals surface area contributed by atoms with Crippen LogP contribution in [0.15, 0.2) is 51.1 Å². The van der Waals surface area contributed by atoms with Crippen molar-refractivity contribution in [3.05, 3.63) is 36.4 Å². The molecule has 0 amide bonds. The zero-order valence-corrected chi connectivity index (χ0v) is 24.9. The van der Waals surface area contributed by atoms with E-state index >= 15 is 0 Å². The Balaban J connectivity index is 2.23. The van der Waals surface area contributed by atoms with Gasteiger partial charge in [-0.2, -0.15) is 0 Å². The van der Waals surface area contributed by atoms with Crippen molar-refractivity contribution in [2.24, 2.45) is 0 Å². The molecule has 0 saturated carbocycles. The summed E-state index contributed by atoms with van der Waals surface area (Å²) in [6.07, 6.45) is -0.274. The van der Waals surface area contributed by atoms with Gasteiger partial charge in [0.2, 0.25) is 0 Å². The minimum atomic E-state index is -4.15. The number of hydrogen-bond donors (Lipinski definition) is 5. The van der Waals surface area contributed by atoms with Gasteiger partial charge in [0.1, 0.15) is 6.54 Å². The van der Waals surface area contributed by atoms with Gasteiger partial charge < -0.3 is 25.7 Å². The first-order valence-corrected chi connectivity index (χ1v) is 18.0. The number of aliphatic carboxylic acids is 1. The summed E-state index contributed by atoms with van der Waals surface area (Å²) in [6.45, 7) is -1.79. The maximum atomic E-state index is 13.5. The Morgan fingerprint density at radius 2 is 0.952 bits per heavy atom. The van der Waals surface area contributed by atoms with E-state index in [2.05, 4.69) is 5.32 Å². The van der Waals surface area contributed by atoms with Crippen LogP contribution in [0.4, 0.5) is 5.69 Å². The molecule has 15 heteroatoms. The predicted octanol–water partition coefficient (Wildman–Crippen LogP) is 1.55. The molecule has 42 heavy (non-hydrogen) atoms. The lowest BCUT2D eigenvalue weighted by molar-refractivity contribution is -0.134. The summed E-state index contributed by atoms with van der Waals surface area (Å²) in [5.41, 5.74) is 0.125. The molecule has 0 radical (unpaired) electrons. The van der Waals surface area contributed by atoms with E-state index in [-0.39, 0.29) is 73.2 Å². The van der Waals surface area contributed by atoms with Gasteiger partial charge in [-0.25, -0.2) is 25.3 Å². The molecule has 0 unspecified atom stereocenters. The number of rotatable bonds is 15. The second-order valence-electron chi connectivity index (χ2n) is 9.80. The largest absolute Gasteiger partial charge is 0.480 e. The van der Waals surface area contributed by atoms with Crippen molar-refractivity contribution >= 4 is 73.5 Å². The third-order valence-electron chi connectivity index (χ3n) is 6.93. The summed E-state index contributed by atoms with van der Waals surface area (Å²) >= 11 is 0. The molecule has 0 spiro atoms. The Bertz CT molecular complexity index is 1910. The Labute approximate surface area is 242 Å². The van der Waals surface area contributed by atoms with Gasteiger partial charge in [-0.1, -0.05) is 24.3 Å². The molecule has 0 aliphatic carbocycles. The molecule has 4 rings (SSSR count). The van der Waals surface area contributed by atoms with Crippen molar-refractivity contribution in [3.63, 3.8) is 0 Å². The fourth-order valence-corrected chi connectivity index (χ4v) is 9.75. The Kier molecular flexibility index (Phi) is 9.30. The molecule has 5 N–H and O–H groups in total. The van der Waals surface area contributed by atoms with Gasteiger partial charge in [-0.3, -0.25) is 4.79 Å². The minimum Gasteiger partial charge on any atom is -0.480 e. The number of carbonyl (C=O) groups is 1. The number of aliphatic hydroxyl groups excluding tert-OH is 3. The van der Waals surface area contributed by atoms with E-state index in [1.807, 2.05) is 0 Å². The maximum Gasteiger partial charge on any atom is 0.322 e. The zero-order valence-electron chi connectivity index (χ0n) is 22.4. The molecule has 12 nitrogen and oxygen atoms in total. The molecule has 0 heterocycles. The van der Waals surface area contributed by atoms with Crippen molar-refractivity contribution in [3.8, 4) is 0 Å². The summed E-state index contributed by atoms with van der Waals surface area (Å²) in [7, 11) is -12.3. The quantitative estimate of drug-likeness (QED) is 0.117. The van der Waals surface area contributed by atoms with Gasteiger partial charge in [-0.05, 0) is 31.4 Å². The number of carboxylic acids is 1. The fourth-order valence-electron chi connectivity index (χ4n) is 5.08. The van der Waals surface area contributed by atoms with Crippen LogP contribution in [0.5, 0.6) is 0 Å². The summed E-state index contributed by atoms with van der Waals surface area (Å²) in [5, 5.41) is 41.0. The Hall–Kier alpha value is -3.08. The van der Waals surface area contributed by atoms with Crippen LogP contribution in [0.2, 0.25) is 0 Å². The molecule has 0 atom stereocenters. The lowest BCUT2D eigenvalue weighted by atomic mass is 9.93. The van der Waals surface area contributed by atoms with Crippen LogP contribution in [-0.4, -0.2) is 95.3 Å². The number of benzene rings is 4. The van der Waals surface area contributed by atoms with Crippen LogP contribution in [0.1, 0.15) is 19.3 Å². The van der Waals surface area contributed by atoms with Crippen molar-refractivity contribution in [2.45, 2.75) is 33.9 Å². The number of hydrogen-bond acceptors (Lipinski definition) is 11. The number of aliphatic hydroxyl groups is 3. The minimum absolute atomic E-state index is 0.0668. The standard InChI is InChI=1S/C27H31NO11S3/c29-8-1-11-40(34,35)22-14-21(28-16-25(32)33)17-4-5-19-23(41(36,37)12-2-9-30)15-24(42(38,39)13-3-10-31)20-7-6-18(22)26(17)27(19)20/h4-7,14-15,28-31H,1-3,8-13,16H2,(H,32,33). The van der Waals surface area contributed by atoms with Gasteiger partial charge in [0.25, 0.3) is 0 Å². The summed E-state index contributed by atoms with van der Waals surface area (Å²) in [4.78, 5) is 10.6. The third-order valence-corrected chi connectivity index (χ3v) is 12.4. The van der Waals surface area contributed by atoms with Crippen LogP contribution in [0.25, 0.3) is 32.3 Å². The summed E-state index contributed by atoms with van der Waals surface area (Å²) in [5.74, 6) is -2.60.